The van der Waals surface area contributed by atoms with E-state index in [2.05, 4.69) is 17.1 Å². The number of benzene rings is 1. The van der Waals surface area contributed by atoms with E-state index < -0.39 is 0 Å². The van der Waals surface area contributed by atoms with Gasteiger partial charge in [0, 0.05) is 30.7 Å². The lowest BCUT2D eigenvalue weighted by molar-refractivity contribution is 0.0918. The average molecular weight is 286 g/mol. The molecule has 0 spiro atoms. The molecule has 3 heterocycles. The molecule has 3 aliphatic heterocycles. The molecule has 1 aromatic carbocycles. The van der Waals surface area contributed by atoms with Crippen molar-refractivity contribution in [1.29, 1.82) is 0 Å². The van der Waals surface area contributed by atoms with Gasteiger partial charge in [-0.3, -0.25) is 9.69 Å². The van der Waals surface area contributed by atoms with Crippen LogP contribution in [0.5, 0.6) is 5.75 Å². The maximum Gasteiger partial charge on any atom is 0.251 e. The van der Waals surface area contributed by atoms with Crippen LogP contribution < -0.4 is 10.1 Å². The van der Waals surface area contributed by atoms with Gasteiger partial charge in [0.15, 0.2) is 0 Å². The number of amides is 1. The van der Waals surface area contributed by atoms with Crippen LogP contribution in [0.25, 0.3) is 0 Å². The number of ether oxygens (including phenoxy) is 1. The normalized spacial score (nSPS) is 33.4. The molecule has 1 N–H and O–H groups in total. The second-order valence-electron chi connectivity index (χ2n) is 6.65. The molecule has 1 amide bonds. The minimum atomic E-state index is 0.0646. The fourth-order valence-corrected chi connectivity index (χ4v) is 4.01. The number of hydrogen-bond donors (Lipinski definition) is 1. The molecule has 2 fully saturated rings. The van der Waals surface area contributed by atoms with Crippen molar-refractivity contribution in [3.8, 4) is 5.75 Å². The summed E-state index contributed by atoms with van der Waals surface area (Å²) in [6.07, 6.45) is 3.26. The first-order valence-electron chi connectivity index (χ1n) is 8.01. The van der Waals surface area contributed by atoms with E-state index in [1.807, 2.05) is 18.2 Å². The smallest absolute Gasteiger partial charge is 0.251 e. The maximum atomic E-state index is 12.5. The highest BCUT2D eigenvalue weighted by atomic mass is 16.5. The van der Waals surface area contributed by atoms with Gasteiger partial charge in [-0.2, -0.15) is 0 Å². The molecule has 0 aliphatic carbocycles. The molecule has 0 saturated carbocycles. The lowest BCUT2D eigenvalue weighted by Crippen LogP contribution is -2.45. The number of rotatable bonds is 2. The van der Waals surface area contributed by atoms with Crippen LogP contribution >= 0.6 is 0 Å². The van der Waals surface area contributed by atoms with Gasteiger partial charge in [0.05, 0.1) is 6.61 Å². The molecule has 112 valence electrons. The molecule has 4 rings (SSSR count). The van der Waals surface area contributed by atoms with Crippen molar-refractivity contribution in [2.24, 2.45) is 5.92 Å². The number of hydrogen-bond acceptors (Lipinski definition) is 3. The Bertz CT molecular complexity index is 570. The third kappa shape index (κ3) is 2.31. The Balaban J connectivity index is 1.46. The molecule has 2 bridgehead atoms. The molecule has 2 saturated heterocycles. The quantitative estimate of drug-likeness (QED) is 0.902. The van der Waals surface area contributed by atoms with Gasteiger partial charge in [-0.25, -0.2) is 0 Å². The van der Waals surface area contributed by atoms with E-state index in [-0.39, 0.29) is 5.91 Å². The molecule has 0 aromatic heterocycles. The molecule has 4 atom stereocenters. The summed E-state index contributed by atoms with van der Waals surface area (Å²) in [5.41, 5.74) is 1.93. The van der Waals surface area contributed by atoms with E-state index in [4.69, 9.17) is 4.74 Å². The van der Waals surface area contributed by atoms with Gasteiger partial charge in [-0.1, -0.05) is 0 Å². The van der Waals surface area contributed by atoms with Gasteiger partial charge >= 0.3 is 0 Å². The topological polar surface area (TPSA) is 41.6 Å². The second-order valence-corrected chi connectivity index (χ2v) is 6.65. The fourth-order valence-electron chi connectivity index (χ4n) is 4.01. The number of nitrogens with zero attached hydrogens (tertiary/aromatic N) is 1. The average Bonchev–Trinajstić information content (AvgIpc) is 3.05. The maximum absolute atomic E-state index is 12.5. The molecule has 4 heteroatoms. The van der Waals surface area contributed by atoms with Crippen molar-refractivity contribution >= 4 is 5.91 Å². The number of carbonyl (C=O) groups is 1. The predicted molar refractivity (Wildman–Crippen MR) is 80.7 cm³/mol. The van der Waals surface area contributed by atoms with Crippen LogP contribution in [-0.4, -0.2) is 42.6 Å². The Labute approximate surface area is 125 Å². The van der Waals surface area contributed by atoms with Gasteiger partial charge in [-0.05, 0) is 55.9 Å². The zero-order valence-corrected chi connectivity index (χ0v) is 12.5. The minimum Gasteiger partial charge on any atom is -0.493 e. The van der Waals surface area contributed by atoms with Crippen LogP contribution in [0.1, 0.15) is 35.7 Å². The summed E-state index contributed by atoms with van der Waals surface area (Å²) >= 11 is 0. The highest BCUT2D eigenvalue weighted by Gasteiger charge is 2.42. The van der Waals surface area contributed by atoms with Gasteiger partial charge in [0.1, 0.15) is 5.75 Å². The van der Waals surface area contributed by atoms with Crippen molar-refractivity contribution < 1.29 is 9.53 Å². The van der Waals surface area contributed by atoms with Gasteiger partial charge < -0.3 is 10.1 Å². The largest absolute Gasteiger partial charge is 0.493 e. The van der Waals surface area contributed by atoms with Crippen LogP contribution in [-0.2, 0) is 6.42 Å². The molecule has 4 unspecified atom stereocenters. The van der Waals surface area contributed by atoms with Crippen LogP contribution in [0.3, 0.4) is 0 Å². The SMILES string of the molecule is CC1CC2CN1CC2NC(=O)c1ccc2c(c1)CCCO2. The Kier molecular flexibility index (Phi) is 3.14. The highest BCUT2D eigenvalue weighted by molar-refractivity contribution is 5.94. The zero-order chi connectivity index (χ0) is 14.4. The predicted octanol–water partition coefficient (Wildman–Crippen LogP) is 1.83. The molecular weight excluding hydrogens is 264 g/mol. The lowest BCUT2D eigenvalue weighted by atomic mass is 9.95. The van der Waals surface area contributed by atoms with Crippen molar-refractivity contribution in [1.82, 2.24) is 10.2 Å². The molecule has 4 nitrogen and oxygen atoms in total. The number of carbonyl (C=O) groups excluding carboxylic acids is 1. The van der Waals surface area contributed by atoms with Crippen LogP contribution in [0, 0.1) is 5.92 Å². The Hall–Kier alpha value is -1.55. The van der Waals surface area contributed by atoms with E-state index in [1.54, 1.807) is 0 Å². The third-order valence-corrected chi connectivity index (χ3v) is 5.22. The Morgan fingerprint density at radius 1 is 1.38 bits per heavy atom. The van der Waals surface area contributed by atoms with E-state index in [0.717, 1.165) is 43.9 Å². The number of nitrogens with one attached hydrogen (secondary N) is 1. The number of aryl methyl sites for hydroxylation is 1. The summed E-state index contributed by atoms with van der Waals surface area (Å²) in [5.74, 6) is 1.64. The van der Waals surface area contributed by atoms with Gasteiger partial charge in [0.25, 0.3) is 5.91 Å². The van der Waals surface area contributed by atoms with Crippen LogP contribution in [0.4, 0.5) is 0 Å². The van der Waals surface area contributed by atoms with Crippen molar-refractivity contribution in [3.63, 3.8) is 0 Å². The molecule has 1 aromatic rings. The van der Waals surface area contributed by atoms with Gasteiger partial charge in [-0.15, -0.1) is 0 Å². The molecule has 0 radical (unpaired) electrons. The van der Waals surface area contributed by atoms with Crippen molar-refractivity contribution in [2.75, 3.05) is 19.7 Å². The van der Waals surface area contributed by atoms with Crippen molar-refractivity contribution in [2.45, 2.75) is 38.3 Å². The van der Waals surface area contributed by atoms with E-state index >= 15 is 0 Å². The third-order valence-electron chi connectivity index (χ3n) is 5.22. The number of piperidine rings is 1. The standard InChI is InChI=1S/C17H22N2O2/c1-11-7-14-9-19(11)10-15(14)18-17(20)13-4-5-16-12(8-13)3-2-6-21-16/h4-5,8,11,14-15H,2-3,6-7,9-10H2,1H3,(H,18,20). The summed E-state index contributed by atoms with van der Waals surface area (Å²) in [4.78, 5) is 15.0. The summed E-state index contributed by atoms with van der Waals surface area (Å²) in [7, 11) is 0. The second kappa shape index (κ2) is 5.02. The first-order valence-corrected chi connectivity index (χ1v) is 8.01. The summed E-state index contributed by atoms with van der Waals surface area (Å²) in [6.45, 7) is 5.22. The summed E-state index contributed by atoms with van der Waals surface area (Å²) in [5, 5.41) is 3.23. The van der Waals surface area contributed by atoms with E-state index in [0.29, 0.717) is 18.0 Å². The van der Waals surface area contributed by atoms with Gasteiger partial charge in [0.2, 0.25) is 0 Å². The van der Waals surface area contributed by atoms with E-state index in [1.165, 1.54) is 12.0 Å². The number of fused-ring (bicyclic) bond motifs is 3. The van der Waals surface area contributed by atoms with Crippen LogP contribution in [0.2, 0.25) is 0 Å². The lowest BCUT2D eigenvalue weighted by Gasteiger charge is -2.28. The summed E-state index contributed by atoms with van der Waals surface area (Å²) < 4.78 is 5.61. The van der Waals surface area contributed by atoms with Crippen LogP contribution in [0.15, 0.2) is 18.2 Å². The zero-order valence-electron chi connectivity index (χ0n) is 12.5. The first-order chi connectivity index (χ1) is 10.2. The monoisotopic (exact) mass is 286 g/mol. The molecule has 3 aliphatic rings. The highest BCUT2D eigenvalue weighted by Crippen LogP contribution is 2.33. The van der Waals surface area contributed by atoms with Crippen molar-refractivity contribution in [3.05, 3.63) is 29.3 Å². The molecule has 21 heavy (non-hydrogen) atoms. The molecular formula is C17H22N2O2. The fraction of sp³-hybridized carbons (Fsp3) is 0.588. The minimum absolute atomic E-state index is 0.0646. The first kappa shape index (κ1) is 13.1. The Morgan fingerprint density at radius 3 is 3.05 bits per heavy atom. The Morgan fingerprint density at radius 2 is 2.29 bits per heavy atom. The van der Waals surface area contributed by atoms with E-state index in [9.17, 15) is 4.79 Å². The summed E-state index contributed by atoms with van der Waals surface area (Å²) in [6, 6.07) is 6.83.